The largest absolute Gasteiger partial charge is 0.355 e. The van der Waals surface area contributed by atoms with Crippen molar-refractivity contribution in [3.8, 4) is 0 Å². The predicted molar refractivity (Wildman–Crippen MR) is 92.0 cm³/mol. The van der Waals surface area contributed by atoms with E-state index in [0.29, 0.717) is 5.65 Å². The van der Waals surface area contributed by atoms with E-state index in [9.17, 15) is 13.2 Å². The van der Waals surface area contributed by atoms with E-state index in [1.54, 1.807) is 36.5 Å². The molecule has 0 aliphatic heterocycles. The van der Waals surface area contributed by atoms with Gasteiger partial charge in [-0.15, -0.1) is 0 Å². The molecule has 24 heavy (non-hydrogen) atoms. The van der Waals surface area contributed by atoms with Gasteiger partial charge in [0.2, 0.25) is 5.56 Å². The standard InChI is InChI=1S/C15H15N5O3S/c16-24(22,23)18-9-10-2-1-3-11(8-10)19-13-6-7-17-15-12(13)4-5-14(21)20-15/h1-8,18H,9H2,(H2,16,22,23)(H2,17,19,20,21). The first-order valence-corrected chi connectivity index (χ1v) is 8.57. The van der Waals surface area contributed by atoms with Gasteiger partial charge in [0.05, 0.1) is 5.69 Å². The summed E-state index contributed by atoms with van der Waals surface area (Å²) < 4.78 is 24.2. The summed E-state index contributed by atoms with van der Waals surface area (Å²) in [5, 5.41) is 8.93. The van der Waals surface area contributed by atoms with Crippen LogP contribution in [0.3, 0.4) is 0 Å². The van der Waals surface area contributed by atoms with Gasteiger partial charge in [0.15, 0.2) is 0 Å². The number of nitrogens with zero attached hydrogens (tertiary/aromatic N) is 1. The molecule has 0 spiro atoms. The highest BCUT2D eigenvalue weighted by molar-refractivity contribution is 7.87. The molecule has 0 saturated heterocycles. The fourth-order valence-electron chi connectivity index (χ4n) is 2.27. The van der Waals surface area contributed by atoms with Crippen LogP contribution in [0.25, 0.3) is 11.0 Å². The molecule has 1 aromatic carbocycles. The molecule has 0 radical (unpaired) electrons. The highest BCUT2D eigenvalue weighted by Gasteiger charge is 2.05. The summed E-state index contributed by atoms with van der Waals surface area (Å²) in [7, 11) is -3.74. The summed E-state index contributed by atoms with van der Waals surface area (Å²) >= 11 is 0. The van der Waals surface area contributed by atoms with Gasteiger partial charge in [-0.2, -0.15) is 13.1 Å². The van der Waals surface area contributed by atoms with Gasteiger partial charge >= 0.3 is 0 Å². The van der Waals surface area contributed by atoms with Crippen molar-refractivity contribution < 1.29 is 8.42 Å². The van der Waals surface area contributed by atoms with Gasteiger partial charge < -0.3 is 10.3 Å². The van der Waals surface area contributed by atoms with Gasteiger partial charge in [0.25, 0.3) is 10.2 Å². The summed E-state index contributed by atoms with van der Waals surface area (Å²) in [5.41, 5.74) is 2.55. The molecule has 0 atom stereocenters. The molecule has 0 fully saturated rings. The number of aromatic nitrogens is 2. The van der Waals surface area contributed by atoms with Gasteiger partial charge in [-0.25, -0.2) is 10.1 Å². The molecule has 2 heterocycles. The molecule has 2 aromatic heterocycles. The van der Waals surface area contributed by atoms with Gasteiger partial charge in [-0.05, 0) is 29.8 Å². The maximum absolute atomic E-state index is 11.4. The van der Waals surface area contributed by atoms with Crippen molar-refractivity contribution >= 4 is 32.6 Å². The Kier molecular flexibility index (Phi) is 4.30. The van der Waals surface area contributed by atoms with Crippen molar-refractivity contribution in [2.24, 2.45) is 5.14 Å². The molecule has 0 bridgehead atoms. The van der Waals surface area contributed by atoms with Crippen LogP contribution in [-0.2, 0) is 16.8 Å². The van der Waals surface area contributed by atoms with Crippen molar-refractivity contribution in [3.63, 3.8) is 0 Å². The molecule has 9 heteroatoms. The molecular formula is C15H15N5O3S. The van der Waals surface area contributed by atoms with E-state index in [-0.39, 0.29) is 12.1 Å². The zero-order valence-electron chi connectivity index (χ0n) is 12.5. The first kappa shape index (κ1) is 16.1. The number of pyridine rings is 2. The fraction of sp³-hybridized carbons (Fsp3) is 0.0667. The van der Waals surface area contributed by atoms with Crippen molar-refractivity contribution in [2.45, 2.75) is 6.54 Å². The van der Waals surface area contributed by atoms with Crippen LogP contribution in [0, 0.1) is 0 Å². The van der Waals surface area contributed by atoms with Gasteiger partial charge in [0, 0.05) is 29.9 Å². The van der Waals surface area contributed by atoms with E-state index < -0.39 is 10.2 Å². The summed E-state index contributed by atoms with van der Waals surface area (Å²) in [6.07, 6.45) is 1.59. The highest BCUT2D eigenvalue weighted by Crippen LogP contribution is 2.23. The number of aromatic amines is 1. The molecular weight excluding hydrogens is 330 g/mol. The number of nitrogens with one attached hydrogen (secondary N) is 3. The first-order chi connectivity index (χ1) is 11.4. The summed E-state index contributed by atoms with van der Waals surface area (Å²) in [6, 6.07) is 12.1. The second-order valence-corrected chi connectivity index (χ2v) is 6.51. The molecule has 0 unspecified atom stereocenters. The first-order valence-electron chi connectivity index (χ1n) is 7.02. The van der Waals surface area contributed by atoms with Crippen molar-refractivity contribution in [1.82, 2.24) is 14.7 Å². The average molecular weight is 345 g/mol. The maximum atomic E-state index is 11.4. The van der Waals surface area contributed by atoms with Crippen LogP contribution in [-0.4, -0.2) is 18.4 Å². The Morgan fingerprint density at radius 2 is 2.00 bits per heavy atom. The van der Waals surface area contributed by atoms with Crippen LogP contribution in [0.5, 0.6) is 0 Å². The molecule has 0 saturated carbocycles. The van der Waals surface area contributed by atoms with Gasteiger partial charge in [-0.3, -0.25) is 4.79 Å². The van der Waals surface area contributed by atoms with Crippen LogP contribution < -0.4 is 20.7 Å². The number of nitrogens with two attached hydrogens (primary N) is 1. The second-order valence-electron chi connectivity index (χ2n) is 5.13. The molecule has 0 aliphatic rings. The monoisotopic (exact) mass is 345 g/mol. The molecule has 0 aliphatic carbocycles. The molecule has 3 aromatic rings. The molecule has 5 N–H and O–H groups in total. The second kappa shape index (κ2) is 6.40. The Bertz CT molecular complexity index is 1050. The highest BCUT2D eigenvalue weighted by atomic mass is 32.2. The lowest BCUT2D eigenvalue weighted by Crippen LogP contribution is -2.30. The van der Waals surface area contributed by atoms with E-state index >= 15 is 0 Å². The third-order valence-electron chi connectivity index (χ3n) is 3.32. The van der Waals surface area contributed by atoms with E-state index in [1.165, 1.54) is 6.07 Å². The topological polar surface area (TPSA) is 130 Å². The SMILES string of the molecule is NS(=O)(=O)NCc1cccc(Nc2ccnc3[nH]c(=O)ccc23)c1. The normalized spacial score (nSPS) is 11.5. The van der Waals surface area contributed by atoms with E-state index in [4.69, 9.17) is 5.14 Å². The van der Waals surface area contributed by atoms with Gasteiger partial charge in [-0.1, -0.05) is 12.1 Å². The van der Waals surface area contributed by atoms with Crippen LogP contribution in [0.1, 0.15) is 5.56 Å². The summed E-state index contributed by atoms with van der Waals surface area (Å²) in [4.78, 5) is 18.2. The fourth-order valence-corrected chi connectivity index (χ4v) is 2.63. The van der Waals surface area contributed by atoms with Crippen LogP contribution in [0.15, 0.2) is 53.5 Å². The minimum Gasteiger partial charge on any atom is -0.355 e. The predicted octanol–water partition coefficient (Wildman–Crippen LogP) is 0.960. The van der Waals surface area contributed by atoms with Gasteiger partial charge in [0.1, 0.15) is 5.65 Å². The number of benzene rings is 1. The third-order valence-corrected chi connectivity index (χ3v) is 3.86. The van der Waals surface area contributed by atoms with E-state index in [2.05, 4.69) is 20.0 Å². The number of hydrogen-bond acceptors (Lipinski definition) is 5. The smallest absolute Gasteiger partial charge is 0.274 e. The number of fused-ring (bicyclic) bond motifs is 1. The zero-order chi connectivity index (χ0) is 17.2. The Morgan fingerprint density at radius 3 is 2.79 bits per heavy atom. The minimum atomic E-state index is -3.74. The lowest BCUT2D eigenvalue weighted by Gasteiger charge is -2.10. The van der Waals surface area contributed by atoms with E-state index in [1.807, 2.05) is 6.07 Å². The van der Waals surface area contributed by atoms with Crippen LogP contribution in [0.4, 0.5) is 11.4 Å². The molecule has 124 valence electrons. The summed E-state index contributed by atoms with van der Waals surface area (Å²) in [6.45, 7) is 0.0960. The number of H-pyrrole nitrogens is 1. The molecule has 8 nitrogen and oxygen atoms in total. The van der Waals surface area contributed by atoms with Crippen molar-refractivity contribution in [3.05, 3.63) is 64.6 Å². The molecule has 3 rings (SSSR count). The quantitative estimate of drug-likeness (QED) is 0.547. The number of rotatable bonds is 5. The molecule has 0 amide bonds. The Labute approximate surface area is 137 Å². The minimum absolute atomic E-state index is 0.0960. The summed E-state index contributed by atoms with van der Waals surface area (Å²) in [5.74, 6) is 0. The maximum Gasteiger partial charge on any atom is 0.274 e. The van der Waals surface area contributed by atoms with Crippen molar-refractivity contribution in [2.75, 3.05) is 5.32 Å². The Morgan fingerprint density at radius 1 is 1.17 bits per heavy atom. The Hall–Kier alpha value is -2.75. The van der Waals surface area contributed by atoms with Crippen LogP contribution >= 0.6 is 0 Å². The number of anilines is 2. The van der Waals surface area contributed by atoms with Crippen molar-refractivity contribution in [1.29, 1.82) is 0 Å². The van der Waals surface area contributed by atoms with E-state index in [0.717, 1.165) is 22.3 Å². The number of hydrogen-bond donors (Lipinski definition) is 4. The zero-order valence-corrected chi connectivity index (χ0v) is 13.3. The third kappa shape index (κ3) is 3.96. The van der Waals surface area contributed by atoms with Crippen LogP contribution in [0.2, 0.25) is 0 Å². The average Bonchev–Trinajstić information content (AvgIpc) is 2.53. The lowest BCUT2D eigenvalue weighted by molar-refractivity contribution is 0.583. The lowest BCUT2D eigenvalue weighted by atomic mass is 10.2. The Balaban J connectivity index is 1.88.